The molecule has 3 N–H and O–H groups in total. The molecule has 0 saturated heterocycles. The van der Waals surface area contributed by atoms with Crippen LogP contribution in [0.3, 0.4) is 0 Å². The summed E-state index contributed by atoms with van der Waals surface area (Å²) in [5.41, 5.74) is 1.07. The zero-order valence-electron chi connectivity index (χ0n) is 10.7. The maximum atomic E-state index is 10.7. The zero-order valence-corrected chi connectivity index (χ0v) is 11.5. The molecule has 0 radical (unpaired) electrons. The molecule has 0 aliphatic carbocycles. The molecule has 18 heavy (non-hydrogen) atoms. The summed E-state index contributed by atoms with van der Waals surface area (Å²) >= 11 is 0. The van der Waals surface area contributed by atoms with Gasteiger partial charge in [0.15, 0.2) is 0 Å². The van der Waals surface area contributed by atoms with Crippen molar-refractivity contribution in [3.63, 3.8) is 0 Å². The Morgan fingerprint density at radius 1 is 1.28 bits per heavy atom. The van der Waals surface area contributed by atoms with E-state index in [1.54, 1.807) is 0 Å². The van der Waals surface area contributed by atoms with Crippen LogP contribution < -0.4 is 15.2 Å². The fraction of sp³-hybridized carbons (Fsp3) is 0.500. The number of hydrogen-bond acceptors (Lipinski definition) is 4. The Labute approximate surface area is 108 Å². The van der Waals surface area contributed by atoms with Gasteiger partial charge in [0.05, 0.1) is 11.9 Å². The van der Waals surface area contributed by atoms with Crippen LogP contribution in [-0.2, 0) is 16.6 Å². The predicted octanol–water partition coefficient (Wildman–Crippen LogP) is 0.852. The molecule has 0 heterocycles. The van der Waals surface area contributed by atoms with Gasteiger partial charge in [0.1, 0.15) is 5.75 Å². The number of benzene rings is 1. The van der Waals surface area contributed by atoms with Crippen molar-refractivity contribution >= 4 is 10.0 Å². The minimum atomic E-state index is -3.38. The van der Waals surface area contributed by atoms with Crippen LogP contribution >= 0.6 is 0 Å². The van der Waals surface area contributed by atoms with Crippen LogP contribution in [0.2, 0.25) is 0 Å². The number of nitrogens with two attached hydrogens (primary N) is 1. The molecular weight excluding hydrogens is 252 g/mol. The summed E-state index contributed by atoms with van der Waals surface area (Å²) in [5, 5.41) is 7.92. The Bertz CT molecular complexity index is 455. The first kappa shape index (κ1) is 14.9. The van der Waals surface area contributed by atoms with Crippen LogP contribution in [0, 0.1) is 0 Å². The van der Waals surface area contributed by atoms with Gasteiger partial charge in [0, 0.05) is 13.1 Å². The largest absolute Gasteiger partial charge is 0.491 e. The Morgan fingerprint density at radius 3 is 2.39 bits per heavy atom. The smallest absolute Gasteiger partial charge is 0.210 e. The second kappa shape index (κ2) is 6.72. The fourth-order valence-electron chi connectivity index (χ4n) is 1.41. The molecule has 5 nitrogen and oxygen atoms in total. The van der Waals surface area contributed by atoms with Crippen LogP contribution in [0.25, 0.3) is 0 Å². The quantitative estimate of drug-likeness (QED) is 0.721. The van der Waals surface area contributed by atoms with Gasteiger partial charge in [0.25, 0.3) is 0 Å². The van der Waals surface area contributed by atoms with E-state index in [4.69, 9.17) is 9.88 Å². The van der Waals surface area contributed by atoms with E-state index >= 15 is 0 Å². The number of sulfonamides is 1. The number of hydrogen-bond donors (Lipinski definition) is 2. The van der Waals surface area contributed by atoms with Crippen LogP contribution in [-0.4, -0.2) is 26.8 Å². The first-order chi connectivity index (χ1) is 8.37. The highest BCUT2D eigenvalue weighted by Crippen LogP contribution is 2.13. The zero-order chi connectivity index (χ0) is 13.6. The Morgan fingerprint density at radius 2 is 1.89 bits per heavy atom. The third kappa shape index (κ3) is 6.58. The first-order valence-electron chi connectivity index (χ1n) is 5.83. The molecular formula is C12H20N2O3S. The number of ether oxygens (including phenoxy) is 1. The predicted molar refractivity (Wildman–Crippen MR) is 71.9 cm³/mol. The number of rotatable bonds is 7. The van der Waals surface area contributed by atoms with Gasteiger partial charge in [0.2, 0.25) is 10.0 Å². The van der Waals surface area contributed by atoms with Crippen molar-refractivity contribution in [1.29, 1.82) is 0 Å². The second-order valence-electron chi connectivity index (χ2n) is 4.35. The first-order valence-corrected chi connectivity index (χ1v) is 7.55. The molecule has 0 aromatic heterocycles. The van der Waals surface area contributed by atoms with E-state index in [0.717, 1.165) is 11.3 Å². The van der Waals surface area contributed by atoms with Gasteiger partial charge in [-0.25, -0.2) is 13.6 Å². The van der Waals surface area contributed by atoms with Gasteiger partial charge in [-0.15, -0.1) is 0 Å². The van der Waals surface area contributed by atoms with Gasteiger partial charge < -0.3 is 10.1 Å². The minimum absolute atomic E-state index is 0.0540. The lowest BCUT2D eigenvalue weighted by Crippen LogP contribution is -2.26. The lowest BCUT2D eigenvalue weighted by atomic mass is 10.2. The van der Waals surface area contributed by atoms with Gasteiger partial charge >= 0.3 is 0 Å². The molecule has 0 fully saturated rings. The van der Waals surface area contributed by atoms with Crippen molar-refractivity contribution in [2.75, 3.05) is 12.3 Å². The lowest BCUT2D eigenvalue weighted by molar-refractivity contribution is 0.242. The van der Waals surface area contributed by atoms with Crippen molar-refractivity contribution < 1.29 is 13.2 Å². The molecule has 6 heteroatoms. The number of primary sulfonamides is 1. The maximum Gasteiger partial charge on any atom is 0.210 e. The van der Waals surface area contributed by atoms with Crippen molar-refractivity contribution in [3.05, 3.63) is 29.8 Å². The van der Waals surface area contributed by atoms with Gasteiger partial charge in [-0.2, -0.15) is 0 Å². The van der Waals surface area contributed by atoms with Crippen molar-refractivity contribution in [2.24, 2.45) is 5.14 Å². The molecule has 0 saturated carbocycles. The summed E-state index contributed by atoms with van der Waals surface area (Å²) in [6, 6.07) is 7.69. The van der Waals surface area contributed by atoms with Gasteiger partial charge in [-0.3, -0.25) is 0 Å². The summed E-state index contributed by atoms with van der Waals surface area (Å²) in [6.45, 7) is 4.91. The highest BCUT2D eigenvalue weighted by molar-refractivity contribution is 7.89. The van der Waals surface area contributed by atoms with Gasteiger partial charge in [-0.05, 0) is 31.5 Å². The van der Waals surface area contributed by atoms with E-state index < -0.39 is 10.0 Å². The van der Waals surface area contributed by atoms with Crippen molar-refractivity contribution in [3.8, 4) is 5.75 Å². The average molecular weight is 272 g/mol. The third-order valence-corrected chi connectivity index (χ3v) is 2.96. The Balaban J connectivity index is 2.35. The van der Waals surface area contributed by atoms with E-state index in [-0.39, 0.29) is 11.9 Å². The Hall–Kier alpha value is -1.11. The SMILES string of the molecule is CC(C)Oc1ccc(CNCCS(N)(=O)=O)cc1. The van der Waals surface area contributed by atoms with Crippen LogP contribution in [0.5, 0.6) is 5.75 Å². The van der Waals surface area contributed by atoms with Crippen LogP contribution in [0.15, 0.2) is 24.3 Å². The Kier molecular flexibility index (Phi) is 5.58. The molecule has 102 valence electrons. The molecule has 0 spiro atoms. The highest BCUT2D eigenvalue weighted by Gasteiger charge is 2.02. The van der Waals surface area contributed by atoms with Crippen LogP contribution in [0.1, 0.15) is 19.4 Å². The minimum Gasteiger partial charge on any atom is -0.491 e. The van der Waals surface area contributed by atoms with Gasteiger partial charge in [-0.1, -0.05) is 12.1 Å². The summed E-state index contributed by atoms with van der Waals surface area (Å²) in [6.07, 6.45) is 0.156. The molecule has 0 unspecified atom stereocenters. The fourth-order valence-corrected chi connectivity index (χ4v) is 1.83. The number of nitrogens with one attached hydrogen (secondary N) is 1. The summed E-state index contributed by atoms with van der Waals surface area (Å²) in [4.78, 5) is 0. The standard InChI is InChI=1S/C12H20N2O3S/c1-10(2)17-12-5-3-11(4-6-12)9-14-7-8-18(13,15)16/h3-6,10,14H,7-9H2,1-2H3,(H2,13,15,16). The van der Waals surface area contributed by atoms with E-state index in [9.17, 15) is 8.42 Å². The normalized spacial score (nSPS) is 11.8. The van der Waals surface area contributed by atoms with Crippen LogP contribution in [0.4, 0.5) is 0 Å². The molecule has 0 atom stereocenters. The van der Waals surface area contributed by atoms with E-state index in [2.05, 4.69) is 5.32 Å². The molecule has 0 bridgehead atoms. The summed E-state index contributed by atoms with van der Waals surface area (Å²) in [7, 11) is -3.38. The van der Waals surface area contributed by atoms with E-state index in [1.807, 2.05) is 38.1 Å². The average Bonchev–Trinajstić information content (AvgIpc) is 2.24. The summed E-state index contributed by atoms with van der Waals surface area (Å²) in [5.74, 6) is 0.778. The second-order valence-corrected chi connectivity index (χ2v) is 6.09. The molecule has 0 amide bonds. The highest BCUT2D eigenvalue weighted by atomic mass is 32.2. The lowest BCUT2D eigenvalue weighted by Gasteiger charge is -2.10. The van der Waals surface area contributed by atoms with E-state index in [0.29, 0.717) is 13.1 Å². The third-order valence-electron chi connectivity index (χ3n) is 2.19. The summed E-state index contributed by atoms with van der Waals surface area (Å²) < 4.78 is 26.9. The molecule has 1 aromatic rings. The molecule has 0 aliphatic heterocycles. The molecule has 0 aliphatic rings. The van der Waals surface area contributed by atoms with Crippen molar-refractivity contribution in [2.45, 2.75) is 26.5 Å². The molecule has 1 rings (SSSR count). The van der Waals surface area contributed by atoms with Crippen molar-refractivity contribution in [1.82, 2.24) is 5.32 Å². The monoisotopic (exact) mass is 272 g/mol. The maximum absolute atomic E-state index is 10.7. The van der Waals surface area contributed by atoms with E-state index in [1.165, 1.54) is 0 Å². The molecule has 1 aromatic carbocycles. The topological polar surface area (TPSA) is 81.4 Å².